The van der Waals surface area contributed by atoms with Crippen LogP contribution in [0.4, 0.5) is 5.69 Å². The normalized spacial score (nSPS) is 13.6. The van der Waals surface area contributed by atoms with E-state index in [2.05, 4.69) is 15.3 Å². The van der Waals surface area contributed by atoms with Crippen molar-refractivity contribution in [1.29, 1.82) is 0 Å². The van der Waals surface area contributed by atoms with Gasteiger partial charge in [-0.25, -0.2) is 9.97 Å². The molecule has 1 aliphatic carbocycles. The Labute approximate surface area is 126 Å². The number of non-ortho nitro benzene ring substituents is 1. The smallest absolute Gasteiger partial charge is 0.270 e. The summed E-state index contributed by atoms with van der Waals surface area (Å²) in [4.78, 5) is 30.6. The number of carbonyl (C=O) groups is 1. The van der Waals surface area contributed by atoms with Crippen LogP contribution in [0.1, 0.15) is 40.5 Å². The molecule has 0 radical (unpaired) electrons. The van der Waals surface area contributed by atoms with Gasteiger partial charge in [-0.1, -0.05) is 6.07 Å². The first-order valence-corrected chi connectivity index (χ1v) is 6.97. The van der Waals surface area contributed by atoms with Crippen LogP contribution in [0.15, 0.2) is 36.7 Å². The molecular weight excluding hydrogens is 284 g/mol. The van der Waals surface area contributed by atoms with E-state index in [1.165, 1.54) is 30.6 Å². The molecule has 0 unspecified atom stereocenters. The Morgan fingerprint density at radius 2 is 2.14 bits per heavy atom. The maximum Gasteiger partial charge on any atom is 0.270 e. The van der Waals surface area contributed by atoms with E-state index >= 15 is 0 Å². The van der Waals surface area contributed by atoms with Crippen LogP contribution in [-0.4, -0.2) is 20.8 Å². The first-order valence-electron chi connectivity index (χ1n) is 6.97. The first kappa shape index (κ1) is 14.1. The molecule has 0 bridgehead atoms. The molecule has 112 valence electrons. The zero-order chi connectivity index (χ0) is 15.5. The summed E-state index contributed by atoms with van der Waals surface area (Å²) < 4.78 is 0. The van der Waals surface area contributed by atoms with Crippen LogP contribution < -0.4 is 5.32 Å². The van der Waals surface area contributed by atoms with Gasteiger partial charge in [0.05, 0.1) is 17.2 Å². The molecule has 1 aliphatic rings. The van der Waals surface area contributed by atoms with Gasteiger partial charge in [0.2, 0.25) is 0 Å². The minimum absolute atomic E-state index is 0.106. The number of nitrogens with one attached hydrogen (secondary N) is 1. The van der Waals surface area contributed by atoms with Gasteiger partial charge in [-0.2, -0.15) is 0 Å². The molecule has 7 heteroatoms. The van der Waals surface area contributed by atoms with Crippen molar-refractivity contribution < 1.29 is 9.72 Å². The van der Waals surface area contributed by atoms with E-state index in [1.54, 1.807) is 0 Å². The van der Waals surface area contributed by atoms with Crippen molar-refractivity contribution in [3.63, 3.8) is 0 Å². The van der Waals surface area contributed by atoms with E-state index in [-0.39, 0.29) is 23.7 Å². The Hall–Kier alpha value is -2.83. The van der Waals surface area contributed by atoms with Gasteiger partial charge < -0.3 is 5.32 Å². The van der Waals surface area contributed by atoms with Gasteiger partial charge in [-0.05, 0) is 25.0 Å². The fourth-order valence-corrected chi connectivity index (χ4v) is 2.15. The predicted molar refractivity (Wildman–Crippen MR) is 78.3 cm³/mol. The van der Waals surface area contributed by atoms with E-state index in [0.717, 1.165) is 24.2 Å². The number of hydrogen-bond donors (Lipinski definition) is 1. The van der Waals surface area contributed by atoms with Gasteiger partial charge in [-0.3, -0.25) is 14.9 Å². The SMILES string of the molecule is O=C(NCc1cc(C2CC2)ncn1)c1cccc([N+](=O)[O-])c1. The molecular formula is C15H14N4O3. The average Bonchev–Trinajstić information content (AvgIpc) is 3.38. The van der Waals surface area contributed by atoms with Gasteiger partial charge in [0.1, 0.15) is 6.33 Å². The molecule has 0 aliphatic heterocycles. The number of nitro groups is 1. The summed E-state index contributed by atoms with van der Waals surface area (Å²) in [7, 11) is 0. The summed E-state index contributed by atoms with van der Waals surface area (Å²) in [5.41, 5.74) is 1.89. The van der Waals surface area contributed by atoms with E-state index in [4.69, 9.17) is 0 Å². The second kappa shape index (κ2) is 5.88. The summed E-state index contributed by atoms with van der Waals surface area (Å²) in [5, 5.41) is 13.4. The van der Waals surface area contributed by atoms with Gasteiger partial charge in [0.25, 0.3) is 11.6 Å². The van der Waals surface area contributed by atoms with Crippen LogP contribution in [0.25, 0.3) is 0 Å². The standard InChI is InChI=1S/C15H14N4O3/c20-15(11-2-1-3-13(6-11)19(21)22)16-8-12-7-14(10-4-5-10)18-9-17-12/h1-3,6-7,9-10H,4-5,8H2,(H,16,20). The van der Waals surface area contributed by atoms with Gasteiger partial charge in [0, 0.05) is 29.3 Å². The molecule has 0 spiro atoms. The van der Waals surface area contributed by atoms with Crippen molar-refractivity contribution in [2.24, 2.45) is 0 Å². The average molecular weight is 298 g/mol. The Bertz CT molecular complexity index is 728. The minimum atomic E-state index is -0.525. The second-order valence-corrected chi connectivity index (χ2v) is 5.20. The summed E-state index contributed by atoms with van der Waals surface area (Å²) in [6, 6.07) is 7.53. The molecule has 1 aromatic heterocycles. The molecule has 1 saturated carbocycles. The zero-order valence-electron chi connectivity index (χ0n) is 11.7. The fourth-order valence-electron chi connectivity index (χ4n) is 2.15. The highest BCUT2D eigenvalue weighted by atomic mass is 16.6. The van der Waals surface area contributed by atoms with E-state index in [9.17, 15) is 14.9 Å². The number of benzene rings is 1. The summed E-state index contributed by atoms with van der Waals surface area (Å²) in [6.07, 6.45) is 3.80. The number of nitro benzene ring substituents is 1. The monoisotopic (exact) mass is 298 g/mol. The van der Waals surface area contributed by atoms with Crippen molar-refractivity contribution in [1.82, 2.24) is 15.3 Å². The van der Waals surface area contributed by atoms with Crippen molar-refractivity contribution in [3.05, 3.63) is 63.7 Å². The zero-order valence-corrected chi connectivity index (χ0v) is 11.7. The lowest BCUT2D eigenvalue weighted by Crippen LogP contribution is -2.23. The molecule has 2 aromatic rings. The number of rotatable bonds is 5. The molecule has 1 aromatic carbocycles. The lowest BCUT2D eigenvalue weighted by molar-refractivity contribution is -0.384. The van der Waals surface area contributed by atoms with E-state index in [1.807, 2.05) is 6.07 Å². The number of aromatic nitrogens is 2. The van der Waals surface area contributed by atoms with Crippen LogP contribution in [0, 0.1) is 10.1 Å². The third-order valence-corrected chi connectivity index (χ3v) is 3.49. The van der Waals surface area contributed by atoms with Crippen molar-refractivity contribution in [2.75, 3.05) is 0 Å². The molecule has 7 nitrogen and oxygen atoms in total. The number of carbonyl (C=O) groups excluding carboxylic acids is 1. The highest BCUT2D eigenvalue weighted by Crippen LogP contribution is 2.38. The molecule has 3 rings (SSSR count). The lowest BCUT2D eigenvalue weighted by atomic mass is 10.2. The van der Waals surface area contributed by atoms with Crippen molar-refractivity contribution >= 4 is 11.6 Å². The molecule has 1 N–H and O–H groups in total. The lowest BCUT2D eigenvalue weighted by Gasteiger charge is -2.06. The highest BCUT2D eigenvalue weighted by Gasteiger charge is 2.25. The Balaban J connectivity index is 1.65. The topological polar surface area (TPSA) is 98.0 Å². The molecule has 22 heavy (non-hydrogen) atoms. The fraction of sp³-hybridized carbons (Fsp3) is 0.267. The second-order valence-electron chi connectivity index (χ2n) is 5.20. The number of hydrogen-bond acceptors (Lipinski definition) is 5. The van der Waals surface area contributed by atoms with Crippen LogP contribution in [0.3, 0.4) is 0 Å². The third kappa shape index (κ3) is 3.25. The maximum atomic E-state index is 12.0. The summed E-state index contributed by atoms with van der Waals surface area (Å²) in [6.45, 7) is 0.268. The van der Waals surface area contributed by atoms with Crippen LogP contribution in [0.2, 0.25) is 0 Å². The van der Waals surface area contributed by atoms with E-state index in [0.29, 0.717) is 5.92 Å². The molecule has 1 fully saturated rings. The maximum absolute atomic E-state index is 12.0. The van der Waals surface area contributed by atoms with Crippen molar-refractivity contribution in [3.8, 4) is 0 Å². The largest absolute Gasteiger partial charge is 0.346 e. The van der Waals surface area contributed by atoms with Gasteiger partial charge in [0.15, 0.2) is 0 Å². The summed E-state index contributed by atoms with van der Waals surface area (Å²) in [5.74, 6) is 0.157. The van der Waals surface area contributed by atoms with Gasteiger partial charge in [-0.15, -0.1) is 0 Å². The Morgan fingerprint density at radius 1 is 1.32 bits per heavy atom. The molecule has 1 heterocycles. The molecule has 1 amide bonds. The van der Waals surface area contributed by atoms with E-state index < -0.39 is 4.92 Å². The number of nitrogens with zero attached hydrogens (tertiary/aromatic N) is 3. The minimum Gasteiger partial charge on any atom is -0.346 e. The summed E-state index contributed by atoms with van der Waals surface area (Å²) >= 11 is 0. The quantitative estimate of drug-likeness (QED) is 0.674. The number of amides is 1. The van der Waals surface area contributed by atoms with Crippen LogP contribution in [0.5, 0.6) is 0 Å². The highest BCUT2D eigenvalue weighted by molar-refractivity contribution is 5.94. The van der Waals surface area contributed by atoms with Crippen LogP contribution in [-0.2, 0) is 6.54 Å². The molecule has 0 atom stereocenters. The molecule has 0 saturated heterocycles. The first-order chi connectivity index (χ1) is 10.6. The van der Waals surface area contributed by atoms with Crippen molar-refractivity contribution in [2.45, 2.75) is 25.3 Å². The predicted octanol–water partition coefficient (Wildman–Crippen LogP) is 2.19. The third-order valence-electron chi connectivity index (χ3n) is 3.49. The Kier molecular flexibility index (Phi) is 3.78. The Morgan fingerprint density at radius 3 is 2.86 bits per heavy atom. The van der Waals surface area contributed by atoms with Crippen LogP contribution >= 0.6 is 0 Å². The van der Waals surface area contributed by atoms with Gasteiger partial charge >= 0.3 is 0 Å².